The Hall–Kier alpha value is -0.410. The van der Waals surface area contributed by atoms with Gasteiger partial charge in [-0.1, -0.05) is 15.9 Å². The zero-order valence-electron chi connectivity index (χ0n) is 6.85. The molecule has 70 valence electrons. The average Bonchev–Trinajstić information content (AvgIpc) is 2.18. The molecule has 1 aromatic carbocycles. The third kappa shape index (κ3) is 1.63. The molecule has 0 spiro atoms. The molecule has 13 heavy (non-hydrogen) atoms. The number of ether oxygens (including phenoxy) is 2. The topological polar surface area (TPSA) is 18.5 Å². The molecular formula is C9H8BrClO2. The quantitative estimate of drug-likeness (QED) is 0.725. The lowest BCUT2D eigenvalue weighted by Gasteiger charge is -2.21. The summed E-state index contributed by atoms with van der Waals surface area (Å²) in [6.07, 6.45) is 0. The third-order valence-corrected chi connectivity index (χ3v) is 2.90. The van der Waals surface area contributed by atoms with Crippen molar-refractivity contribution in [3.63, 3.8) is 0 Å². The molecule has 2 rings (SSSR count). The van der Waals surface area contributed by atoms with Crippen LogP contribution in [-0.4, -0.2) is 13.2 Å². The van der Waals surface area contributed by atoms with E-state index >= 15 is 0 Å². The van der Waals surface area contributed by atoms with Crippen molar-refractivity contribution in [1.29, 1.82) is 0 Å². The van der Waals surface area contributed by atoms with Gasteiger partial charge in [0.2, 0.25) is 0 Å². The van der Waals surface area contributed by atoms with Gasteiger partial charge in [0.25, 0.3) is 0 Å². The van der Waals surface area contributed by atoms with E-state index in [0.717, 1.165) is 21.5 Å². The van der Waals surface area contributed by atoms with Crippen LogP contribution >= 0.6 is 27.5 Å². The van der Waals surface area contributed by atoms with Gasteiger partial charge in [0.1, 0.15) is 13.2 Å². The third-order valence-electron chi connectivity index (χ3n) is 1.89. The van der Waals surface area contributed by atoms with E-state index in [0.29, 0.717) is 19.1 Å². The van der Waals surface area contributed by atoms with E-state index in [2.05, 4.69) is 15.9 Å². The summed E-state index contributed by atoms with van der Waals surface area (Å²) in [7, 11) is 0. The summed E-state index contributed by atoms with van der Waals surface area (Å²) in [6, 6.07) is 3.81. The van der Waals surface area contributed by atoms with Crippen molar-refractivity contribution >= 4 is 27.5 Å². The number of hydrogen-bond acceptors (Lipinski definition) is 2. The van der Waals surface area contributed by atoms with Gasteiger partial charge < -0.3 is 9.47 Å². The molecule has 0 aromatic heterocycles. The molecule has 0 N–H and O–H groups in total. The first kappa shape index (κ1) is 9.16. The zero-order chi connectivity index (χ0) is 9.26. The van der Waals surface area contributed by atoms with Gasteiger partial charge in [-0.25, -0.2) is 0 Å². The summed E-state index contributed by atoms with van der Waals surface area (Å²) in [5.74, 6) is 1.98. The van der Waals surface area contributed by atoms with Gasteiger partial charge in [-0.05, 0) is 12.1 Å². The SMILES string of the molecule is ClCc1c(Br)ccc2c1OCCO2. The molecule has 1 aliphatic heterocycles. The second-order valence-electron chi connectivity index (χ2n) is 2.68. The summed E-state index contributed by atoms with van der Waals surface area (Å²) < 4.78 is 11.9. The summed E-state index contributed by atoms with van der Waals surface area (Å²) in [4.78, 5) is 0. The van der Waals surface area contributed by atoms with Crippen LogP contribution in [0.2, 0.25) is 0 Å². The van der Waals surface area contributed by atoms with E-state index in [4.69, 9.17) is 21.1 Å². The predicted molar refractivity (Wildman–Crippen MR) is 54.7 cm³/mol. The summed E-state index contributed by atoms with van der Waals surface area (Å²) in [5, 5.41) is 0. The van der Waals surface area contributed by atoms with E-state index in [1.165, 1.54) is 0 Å². The fourth-order valence-corrected chi connectivity index (χ4v) is 2.15. The van der Waals surface area contributed by atoms with E-state index in [-0.39, 0.29) is 0 Å². The average molecular weight is 264 g/mol. The van der Waals surface area contributed by atoms with Crippen LogP contribution in [0, 0.1) is 0 Å². The summed E-state index contributed by atoms with van der Waals surface area (Å²) in [6.45, 7) is 1.20. The van der Waals surface area contributed by atoms with Crippen molar-refractivity contribution in [3.8, 4) is 11.5 Å². The van der Waals surface area contributed by atoms with Gasteiger partial charge in [-0.3, -0.25) is 0 Å². The molecule has 1 aliphatic rings. The van der Waals surface area contributed by atoms with Crippen molar-refractivity contribution in [3.05, 3.63) is 22.2 Å². The highest BCUT2D eigenvalue weighted by Crippen LogP contribution is 2.38. The largest absolute Gasteiger partial charge is 0.486 e. The maximum absolute atomic E-state index is 5.80. The normalized spacial score (nSPS) is 14.3. The molecule has 4 heteroatoms. The Labute approximate surface area is 89.9 Å². The number of hydrogen-bond donors (Lipinski definition) is 0. The van der Waals surface area contributed by atoms with Gasteiger partial charge in [0.15, 0.2) is 11.5 Å². The molecule has 0 unspecified atom stereocenters. The van der Waals surface area contributed by atoms with Gasteiger partial charge in [0.05, 0.1) is 5.88 Å². The first-order valence-corrected chi connectivity index (χ1v) is 5.28. The minimum Gasteiger partial charge on any atom is -0.486 e. The number of fused-ring (bicyclic) bond motifs is 1. The smallest absolute Gasteiger partial charge is 0.166 e. The van der Waals surface area contributed by atoms with E-state index in [1.54, 1.807) is 0 Å². The maximum atomic E-state index is 5.80. The minimum absolute atomic E-state index is 0.424. The Morgan fingerprint density at radius 1 is 1.31 bits per heavy atom. The van der Waals surface area contributed by atoms with Crippen LogP contribution in [0.25, 0.3) is 0 Å². The Kier molecular flexibility index (Phi) is 2.65. The molecule has 0 saturated carbocycles. The molecule has 0 saturated heterocycles. The van der Waals surface area contributed by atoms with Crippen molar-refractivity contribution in [2.45, 2.75) is 5.88 Å². The van der Waals surface area contributed by atoms with Crippen LogP contribution in [0.4, 0.5) is 0 Å². The highest BCUT2D eigenvalue weighted by molar-refractivity contribution is 9.10. The van der Waals surface area contributed by atoms with Crippen LogP contribution in [0.5, 0.6) is 11.5 Å². The highest BCUT2D eigenvalue weighted by Gasteiger charge is 2.17. The first-order chi connectivity index (χ1) is 6.33. The predicted octanol–water partition coefficient (Wildman–Crippen LogP) is 2.96. The molecule has 1 heterocycles. The second-order valence-corrected chi connectivity index (χ2v) is 3.81. The van der Waals surface area contributed by atoms with Crippen molar-refractivity contribution < 1.29 is 9.47 Å². The van der Waals surface area contributed by atoms with Crippen LogP contribution in [0.15, 0.2) is 16.6 Å². The van der Waals surface area contributed by atoms with E-state index in [1.807, 2.05) is 12.1 Å². The Balaban J connectivity index is 2.52. The maximum Gasteiger partial charge on any atom is 0.166 e. The summed E-state index contributed by atoms with van der Waals surface area (Å²) in [5.41, 5.74) is 0.957. The van der Waals surface area contributed by atoms with Gasteiger partial charge >= 0.3 is 0 Å². The summed E-state index contributed by atoms with van der Waals surface area (Å²) >= 11 is 9.22. The van der Waals surface area contributed by atoms with Crippen molar-refractivity contribution in [1.82, 2.24) is 0 Å². The molecule has 0 radical (unpaired) electrons. The van der Waals surface area contributed by atoms with Crippen LogP contribution in [-0.2, 0) is 5.88 Å². The monoisotopic (exact) mass is 262 g/mol. The standard InChI is InChI=1S/C9H8BrClO2/c10-7-1-2-8-9(6(7)5-11)13-4-3-12-8/h1-2H,3-5H2. The van der Waals surface area contributed by atoms with Crippen LogP contribution in [0.1, 0.15) is 5.56 Å². The lowest BCUT2D eigenvalue weighted by molar-refractivity contribution is 0.170. The zero-order valence-corrected chi connectivity index (χ0v) is 9.19. The first-order valence-electron chi connectivity index (χ1n) is 3.96. The Morgan fingerprint density at radius 2 is 2.08 bits per heavy atom. The molecule has 2 nitrogen and oxygen atoms in total. The lowest BCUT2D eigenvalue weighted by Crippen LogP contribution is -2.16. The van der Waals surface area contributed by atoms with Crippen molar-refractivity contribution in [2.24, 2.45) is 0 Å². The number of halogens is 2. The second kappa shape index (κ2) is 3.76. The highest BCUT2D eigenvalue weighted by atomic mass is 79.9. The minimum atomic E-state index is 0.424. The van der Waals surface area contributed by atoms with Crippen LogP contribution in [0.3, 0.4) is 0 Å². The van der Waals surface area contributed by atoms with Gasteiger partial charge in [0, 0.05) is 10.0 Å². The lowest BCUT2D eigenvalue weighted by atomic mass is 10.2. The molecule has 0 aliphatic carbocycles. The van der Waals surface area contributed by atoms with E-state index < -0.39 is 0 Å². The molecule has 1 aromatic rings. The van der Waals surface area contributed by atoms with Gasteiger partial charge in [-0.15, -0.1) is 11.6 Å². The number of alkyl halides is 1. The molecule has 0 fully saturated rings. The number of benzene rings is 1. The Bertz CT molecular complexity index is 328. The van der Waals surface area contributed by atoms with Gasteiger partial charge in [-0.2, -0.15) is 0 Å². The molecular weight excluding hydrogens is 255 g/mol. The fraction of sp³-hybridized carbons (Fsp3) is 0.333. The number of rotatable bonds is 1. The van der Waals surface area contributed by atoms with E-state index in [9.17, 15) is 0 Å². The molecule has 0 amide bonds. The fourth-order valence-electron chi connectivity index (χ4n) is 1.27. The Morgan fingerprint density at radius 3 is 2.85 bits per heavy atom. The molecule has 0 bridgehead atoms. The molecule has 0 atom stereocenters. The van der Waals surface area contributed by atoms with Crippen LogP contribution < -0.4 is 9.47 Å². The van der Waals surface area contributed by atoms with Crippen molar-refractivity contribution in [2.75, 3.05) is 13.2 Å².